The molecule has 0 radical (unpaired) electrons. The van der Waals surface area contributed by atoms with E-state index in [-0.39, 0.29) is 11.6 Å². The number of nitrogens with one attached hydrogen (secondary N) is 1. The van der Waals surface area contributed by atoms with Crippen LogP contribution in [0.2, 0.25) is 0 Å². The second-order valence-electron chi connectivity index (χ2n) is 6.48. The third-order valence-corrected chi connectivity index (χ3v) is 5.30. The molecule has 0 unspecified atom stereocenters. The summed E-state index contributed by atoms with van der Waals surface area (Å²) in [6.45, 7) is 1.24. The van der Waals surface area contributed by atoms with Gasteiger partial charge in [-0.25, -0.2) is 9.78 Å². The van der Waals surface area contributed by atoms with Crippen molar-refractivity contribution in [1.82, 2.24) is 10.3 Å². The van der Waals surface area contributed by atoms with E-state index < -0.39 is 24.0 Å². The molecule has 1 saturated carbocycles. The minimum Gasteiger partial charge on any atom is -0.497 e. The Kier molecular flexibility index (Phi) is 5.42. The molecule has 7 nitrogen and oxygen atoms in total. The molecular formula is C19H19N3O4S. The number of esters is 1. The molecule has 1 aliphatic rings. The van der Waals surface area contributed by atoms with E-state index in [9.17, 15) is 14.9 Å². The van der Waals surface area contributed by atoms with Crippen molar-refractivity contribution in [1.29, 1.82) is 5.26 Å². The number of nitriles is 1. The van der Waals surface area contributed by atoms with Crippen LogP contribution in [0, 0.1) is 17.2 Å². The average Bonchev–Trinajstić information content (AvgIpc) is 3.44. The first-order valence-corrected chi connectivity index (χ1v) is 9.32. The van der Waals surface area contributed by atoms with Gasteiger partial charge < -0.3 is 14.8 Å². The fraction of sp³-hybridized carbons (Fsp3) is 0.368. The van der Waals surface area contributed by atoms with Crippen LogP contribution in [0.4, 0.5) is 0 Å². The standard InChI is InChI=1S/C19H19N3O4S/c1-19(11-20,13-5-6-13)22-16(23)9-26-18(24)15-10-27-17(21-15)12-3-7-14(25-2)8-4-12/h3-4,7-8,10,13H,5-6,9H2,1-2H3,(H,22,23)/t19-/m1/s1. The van der Waals surface area contributed by atoms with Crippen molar-refractivity contribution >= 4 is 23.2 Å². The van der Waals surface area contributed by atoms with Gasteiger partial charge >= 0.3 is 5.97 Å². The van der Waals surface area contributed by atoms with E-state index in [0.717, 1.165) is 24.2 Å². The maximum Gasteiger partial charge on any atom is 0.358 e. The van der Waals surface area contributed by atoms with E-state index >= 15 is 0 Å². The highest BCUT2D eigenvalue weighted by atomic mass is 32.1. The summed E-state index contributed by atoms with van der Waals surface area (Å²) in [5.74, 6) is -0.277. The number of benzene rings is 1. The maximum absolute atomic E-state index is 12.1. The maximum atomic E-state index is 12.1. The molecule has 3 rings (SSSR count). The number of carbonyl (C=O) groups is 2. The first kappa shape index (κ1) is 18.9. The number of methoxy groups -OCH3 is 1. The molecule has 1 fully saturated rings. The van der Waals surface area contributed by atoms with Gasteiger partial charge in [0, 0.05) is 10.9 Å². The lowest BCUT2D eigenvalue weighted by Crippen LogP contribution is -2.48. The largest absolute Gasteiger partial charge is 0.497 e. The Balaban J connectivity index is 1.56. The van der Waals surface area contributed by atoms with Crippen molar-refractivity contribution in [3.05, 3.63) is 35.3 Å². The fourth-order valence-electron chi connectivity index (χ4n) is 2.65. The number of carbonyl (C=O) groups excluding carboxylic acids is 2. The van der Waals surface area contributed by atoms with E-state index in [2.05, 4.69) is 16.4 Å². The van der Waals surface area contributed by atoms with Gasteiger partial charge in [0.1, 0.15) is 16.3 Å². The van der Waals surface area contributed by atoms with Crippen molar-refractivity contribution in [2.24, 2.45) is 5.92 Å². The first-order chi connectivity index (χ1) is 12.9. The summed E-state index contributed by atoms with van der Waals surface area (Å²) in [5, 5.41) is 14.2. The number of hydrogen-bond acceptors (Lipinski definition) is 7. The molecule has 0 bridgehead atoms. The average molecular weight is 385 g/mol. The number of thiazole rings is 1. The topological polar surface area (TPSA) is 101 Å². The SMILES string of the molecule is COc1ccc(-c2nc(C(=O)OCC(=O)N[C@](C)(C#N)C3CC3)cs2)cc1. The minimum absolute atomic E-state index is 0.142. The third kappa shape index (κ3) is 4.44. The van der Waals surface area contributed by atoms with Crippen LogP contribution < -0.4 is 10.1 Å². The van der Waals surface area contributed by atoms with Gasteiger partial charge in [0.05, 0.1) is 13.2 Å². The normalized spacial score (nSPS) is 15.3. The second kappa shape index (κ2) is 7.76. The lowest BCUT2D eigenvalue weighted by atomic mass is 9.98. The van der Waals surface area contributed by atoms with Crippen LogP contribution >= 0.6 is 11.3 Å². The summed E-state index contributed by atoms with van der Waals surface area (Å²) in [7, 11) is 1.59. The van der Waals surface area contributed by atoms with Gasteiger partial charge in [0.15, 0.2) is 12.3 Å². The van der Waals surface area contributed by atoms with Crippen molar-refractivity contribution in [2.45, 2.75) is 25.3 Å². The predicted octanol–water partition coefficient (Wildman–Crippen LogP) is 2.78. The molecule has 140 valence electrons. The molecule has 1 aliphatic carbocycles. The zero-order chi connectivity index (χ0) is 19.4. The highest BCUT2D eigenvalue weighted by molar-refractivity contribution is 7.13. The van der Waals surface area contributed by atoms with Crippen molar-refractivity contribution in [3.8, 4) is 22.4 Å². The molecule has 1 N–H and O–H groups in total. The smallest absolute Gasteiger partial charge is 0.358 e. The Hall–Kier alpha value is -2.92. The summed E-state index contributed by atoms with van der Waals surface area (Å²) >= 11 is 1.31. The van der Waals surface area contributed by atoms with Crippen molar-refractivity contribution in [3.63, 3.8) is 0 Å². The van der Waals surface area contributed by atoms with Gasteiger partial charge in [0.25, 0.3) is 5.91 Å². The summed E-state index contributed by atoms with van der Waals surface area (Å²) in [4.78, 5) is 28.4. The van der Waals surface area contributed by atoms with E-state index in [1.54, 1.807) is 19.4 Å². The highest BCUT2D eigenvalue weighted by Gasteiger charge is 2.43. The summed E-state index contributed by atoms with van der Waals surface area (Å²) in [6.07, 6.45) is 1.83. The summed E-state index contributed by atoms with van der Waals surface area (Å²) < 4.78 is 10.1. The molecule has 1 amide bonds. The van der Waals surface area contributed by atoms with Crippen LogP contribution in [0.15, 0.2) is 29.6 Å². The van der Waals surface area contributed by atoms with Crippen LogP contribution in [0.3, 0.4) is 0 Å². The Bertz CT molecular complexity index is 883. The second-order valence-corrected chi connectivity index (χ2v) is 7.34. The van der Waals surface area contributed by atoms with Gasteiger partial charge in [-0.2, -0.15) is 5.26 Å². The molecule has 0 spiro atoms. The zero-order valence-corrected chi connectivity index (χ0v) is 15.8. The molecule has 1 heterocycles. The first-order valence-electron chi connectivity index (χ1n) is 8.44. The highest BCUT2D eigenvalue weighted by Crippen LogP contribution is 2.39. The predicted molar refractivity (Wildman–Crippen MR) is 99.3 cm³/mol. The van der Waals surface area contributed by atoms with Gasteiger partial charge in [-0.05, 0) is 49.9 Å². The lowest BCUT2D eigenvalue weighted by molar-refractivity contribution is -0.125. The van der Waals surface area contributed by atoms with Gasteiger partial charge in [-0.1, -0.05) is 0 Å². The number of ether oxygens (including phenoxy) is 2. The van der Waals surface area contributed by atoms with Crippen LogP contribution in [0.25, 0.3) is 10.6 Å². The molecular weight excluding hydrogens is 366 g/mol. The van der Waals surface area contributed by atoms with E-state index in [1.165, 1.54) is 11.3 Å². The van der Waals surface area contributed by atoms with Crippen LogP contribution in [-0.4, -0.2) is 36.1 Å². The number of amides is 1. The molecule has 0 saturated heterocycles. The third-order valence-electron chi connectivity index (χ3n) is 4.41. The number of hydrogen-bond donors (Lipinski definition) is 1. The fourth-order valence-corrected chi connectivity index (χ4v) is 3.44. The molecule has 1 aromatic heterocycles. The van der Waals surface area contributed by atoms with E-state index in [0.29, 0.717) is 5.01 Å². The Morgan fingerprint density at radius 1 is 1.37 bits per heavy atom. The van der Waals surface area contributed by atoms with Crippen LogP contribution in [0.5, 0.6) is 5.75 Å². The molecule has 2 aromatic rings. The Morgan fingerprint density at radius 3 is 2.67 bits per heavy atom. The van der Waals surface area contributed by atoms with Crippen molar-refractivity contribution < 1.29 is 19.1 Å². The van der Waals surface area contributed by atoms with Crippen LogP contribution in [-0.2, 0) is 9.53 Å². The number of rotatable bonds is 7. The minimum atomic E-state index is -0.911. The van der Waals surface area contributed by atoms with Gasteiger partial charge in [-0.3, -0.25) is 4.79 Å². The number of aromatic nitrogens is 1. The summed E-state index contributed by atoms with van der Waals surface area (Å²) in [6, 6.07) is 9.45. The van der Waals surface area contributed by atoms with Crippen molar-refractivity contribution in [2.75, 3.05) is 13.7 Å². The molecule has 0 aliphatic heterocycles. The quantitative estimate of drug-likeness (QED) is 0.736. The molecule has 27 heavy (non-hydrogen) atoms. The zero-order valence-electron chi connectivity index (χ0n) is 15.0. The molecule has 1 atom stereocenters. The molecule has 8 heteroatoms. The van der Waals surface area contributed by atoms with Gasteiger partial charge in [0.2, 0.25) is 0 Å². The lowest BCUT2D eigenvalue weighted by Gasteiger charge is -2.22. The van der Waals surface area contributed by atoms with Gasteiger partial charge in [-0.15, -0.1) is 11.3 Å². The monoisotopic (exact) mass is 385 g/mol. The van der Waals surface area contributed by atoms with E-state index in [1.807, 2.05) is 24.3 Å². The number of nitrogens with zero attached hydrogens (tertiary/aromatic N) is 2. The molecule has 1 aromatic carbocycles. The van der Waals surface area contributed by atoms with Crippen LogP contribution in [0.1, 0.15) is 30.3 Å². The summed E-state index contributed by atoms with van der Waals surface area (Å²) in [5.41, 5.74) is 0.0849. The van der Waals surface area contributed by atoms with E-state index in [4.69, 9.17) is 9.47 Å². The Morgan fingerprint density at radius 2 is 2.07 bits per heavy atom. The Labute approximate surface area is 160 Å².